The first-order chi connectivity index (χ1) is 14.1. The lowest BCUT2D eigenvalue weighted by atomic mass is 10.0. The van der Waals surface area contributed by atoms with E-state index in [1.807, 2.05) is 29.6 Å². The van der Waals surface area contributed by atoms with Gasteiger partial charge in [-0.1, -0.05) is 42.5 Å². The van der Waals surface area contributed by atoms with Crippen LogP contribution in [0.15, 0.2) is 72.1 Å². The number of nitrogens with zero attached hydrogens (tertiary/aromatic N) is 1. The largest absolute Gasteiger partial charge is 0.497 e. The molecule has 0 aliphatic heterocycles. The second kappa shape index (κ2) is 8.38. The molecule has 4 rings (SSSR count). The van der Waals surface area contributed by atoms with Crippen molar-refractivity contribution in [2.24, 2.45) is 0 Å². The molecule has 144 valence electrons. The fourth-order valence-electron chi connectivity index (χ4n) is 2.95. The van der Waals surface area contributed by atoms with Crippen LogP contribution in [0.2, 0.25) is 0 Å². The molecule has 0 spiro atoms. The fraction of sp³-hybridized carbons (Fsp3) is 0.0455. The van der Waals surface area contributed by atoms with Gasteiger partial charge in [-0.3, -0.25) is 10.1 Å². The molecule has 0 saturated carbocycles. The molecular formula is C22H17N3O2S2. The van der Waals surface area contributed by atoms with E-state index in [-0.39, 0.29) is 11.0 Å². The van der Waals surface area contributed by atoms with Gasteiger partial charge in [-0.25, -0.2) is 4.98 Å². The number of rotatable bonds is 4. The summed E-state index contributed by atoms with van der Waals surface area (Å²) in [7, 11) is 1.58. The molecule has 1 heterocycles. The minimum Gasteiger partial charge on any atom is -0.497 e. The second-order valence-corrected chi connectivity index (χ2v) is 7.47. The smallest absolute Gasteiger partial charge is 0.257 e. The van der Waals surface area contributed by atoms with E-state index in [9.17, 15) is 4.79 Å². The summed E-state index contributed by atoms with van der Waals surface area (Å²) < 4.78 is 5.10. The number of ether oxygens (including phenoxy) is 1. The third-order valence-corrected chi connectivity index (χ3v) is 5.33. The van der Waals surface area contributed by atoms with Crippen LogP contribution in [0, 0.1) is 0 Å². The number of nitrogens with one attached hydrogen (secondary N) is 2. The highest BCUT2D eigenvalue weighted by atomic mass is 32.1. The SMILES string of the molecule is COc1ccc(C(=O)NC(=S)Nc2nc(-c3cccc4ccccc34)cs2)cc1. The summed E-state index contributed by atoms with van der Waals surface area (Å²) in [6, 6.07) is 21.1. The molecule has 0 unspecified atom stereocenters. The minimum atomic E-state index is -0.295. The van der Waals surface area contributed by atoms with Crippen LogP contribution < -0.4 is 15.4 Å². The van der Waals surface area contributed by atoms with Gasteiger partial charge < -0.3 is 10.1 Å². The zero-order valence-electron chi connectivity index (χ0n) is 15.5. The molecule has 3 aromatic carbocycles. The average Bonchev–Trinajstić information content (AvgIpc) is 3.21. The molecule has 0 fully saturated rings. The standard InChI is InChI=1S/C22H17N3O2S2/c1-27-16-11-9-15(10-12-16)20(26)24-21(28)25-22-23-19(13-29-22)18-8-4-6-14-5-2-3-7-17(14)18/h2-13H,1H3,(H2,23,24,25,26,28). The van der Waals surface area contributed by atoms with Gasteiger partial charge in [0.15, 0.2) is 10.2 Å². The van der Waals surface area contributed by atoms with Crippen LogP contribution in [-0.2, 0) is 0 Å². The van der Waals surface area contributed by atoms with Crippen molar-refractivity contribution in [2.75, 3.05) is 12.4 Å². The van der Waals surface area contributed by atoms with Gasteiger partial charge in [-0.15, -0.1) is 11.3 Å². The molecule has 0 aliphatic rings. The van der Waals surface area contributed by atoms with Crippen LogP contribution in [0.25, 0.3) is 22.0 Å². The van der Waals surface area contributed by atoms with Crippen molar-refractivity contribution in [3.63, 3.8) is 0 Å². The Morgan fingerprint density at radius 1 is 1.03 bits per heavy atom. The molecule has 1 aromatic heterocycles. The van der Waals surface area contributed by atoms with Gasteiger partial charge >= 0.3 is 0 Å². The molecule has 29 heavy (non-hydrogen) atoms. The summed E-state index contributed by atoms with van der Waals surface area (Å²) in [6.07, 6.45) is 0. The number of benzene rings is 3. The van der Waals surface area contributed by atoms with Crippen molar-refractivity contribution in [2.45, 2.75) is 0 Å². The Hall–Kier alpha value is -3.29. The molecule has 0 atom stereocenters. The molecule has 5 nitrogen and oxygen atoms in total. The van der Waals surface area contributed by atoms with Crippen molar-refractivity contribution in [1.29, 1.82) is 0 Å². The Morgan fingerprint density at radius 2 is 1.79 bits per heavy atom. The highest BCUT2D eigenvalue weighted by Crippen LogP contribution is 2.30. The highest BCUT2D eigenvalue weighted by Gasteiger charge is 2.11. The molecule has 0 radical (unpaired) electrons. The van der Waals surface area contributed by atoms with Gasteiger partial charge in [0.25, 0.3) is 5.91 Å². The van der Waals surface area contributed by atoms with Crippen molar-refractivity contribution >= 4 is 50.5 Å². The van der Waals surface area contributed by atoms with E-state index < -0.39 is 0 Å². The van der Waals surface area contributed by atoms with Gasteiger partial charge in [-0.05, 0) is 47.3 Å². The van der Waals surface area contributed by atoms with E-state index in [4.69, 9.17) is 17.0 Å². The van der Waals surface area contributed by atoms with Crippen LogP contribution in [0.5, 0.6) is 5.75 Å². The number of hydrogen-bond donors (Lipinski definition) is 2. The lowest BCUT2D eigenvalue weighted by Gasteiger charge is -2.08. The van der Waals surface area contributed by atoms with E-state index in [2.05, 4.69) is 33.8 Å². The highest BCUT2D eigenvalue weighted by molar-refractivity contribution is 7.80. The molecule has 2 N–H and O–H groups in total. The van der Waals surface area contributed by atoms with Gasteiger partial charge in [0.2, 0.25) is 0 Å². The topological polar surface area (TPSA) is 63.2 Å². The number of methoxy groups -OCH3 is 1. The number of thiazole rings is 1. The number of carbonyl (C=O) groups excluding carboxylic acids is 1. The van der Waals surface area contributed by atoms with Gasteiger partial charge in [-0.2, -0.15) is 0 Å². The summed E-state index contributed by atoms with van der Waals surface area (Å²) in [6.45, 7) is 0. The third-order valence-electron chi connectivity index (χ3n) is 4.37. The maximum atomic E-state index is 12.3. The van der Waals surface area contributed by atoms with Gasteiger partial charge in [0.1, 0.15) is 5.75 Å². The monoisotopic (exact) mass is 419 g/mol. The average molecular weight is 420 g/mol. The fourth-order valence-corrected chi connectivity index (χ4v) is 3.92. The van der Waals surface area contributed by atoms with Crippen LogP contribution in [0.1, 0.15) is 10.4 Å². The number of fused-ring (bicyclic) bond motifs is 1. The van der Waals surface area contributed by atoms with Crippen LogP contribution in [0.3, 0.4) is 0 Å². The molecule has 0 bridgehead atoms. The lowest BCUT2D eigenvalue weighted by molar-refractivity contribution is 0.0977. The van der Waals surface area contributed by atoms with E-state index >= 15 is 0 Å². The molecule has 4 aromatic rings. The van der Waals surface area contributed by atoms with Gasteiger partial charge in [0.05, 0.1) is 12.8 Å². The number of hydrogen-bond acceptors (Lipinski definition) is 5. The summed E-state index contributed by atoms with van der Waals surface area (Å²) in [5.41, 5.74) is 2.41. The zero-order chi connectivity index (χ0) is 20.2. The van der Waals surface area contributed by atoms with E-state index in [1.165, 1.54) is 11.3 Å². The van der Waals surface area contributed by atoms with E-state index in [0.29, 0.717) is 16.4 Å². The first-order valence-corrected chi connectivity index (χ1v) is 10.1. The van der Waals surface area contributed by atoms with Crippen molar-refractivity contribution < 1.29 is 9.53 Å². The summed E-state index contributed by atoms with van der Waals surface area (Å²) in [5.74, 6) is 0.391. The number of amides is 1. The molecular weight excluding hydrogens is 402 g/mol. The summed E-state index contributed by atoms with van der Waals surface area (Å²) in [4.78, 5) is 16.9. The molecule has 7 heteroatoms. The maximum Gasteiger partial charge on any atom is 0.257 e. The van der Waals surface area contributed by atoms with E-state index in [0.717, 1.165) is 22.0 Å². The predicted molar refractivity (Wildman–Crippen MR) is 122 cm³/mol. The normalized spacial score (nSPS) is 10.5. The Bertz CT molecular complexity index is 1180. The Morgan fingerprint density at radius 3 is 2.59 bits per heavy atom. The molecule has 0 saturated heterocycles. The van der Waals surface area contributed by atoms with Crippen molar-refractivity contribution in [1.82, 2.24) is 10.3 Å². The number of carbonyl (C=O) groups is 1. The minimum absolute atomic E-state index is 0.199. The number of anilines is 1. The zero-order valence-corrected chi connectivity index (χ0v) is 17.1. The Kier molecular flexibility index (Phi) is 5.50. The Labute approximate surface area is 177 Å². The first kappa shape index (κ1) is 19.0. The maximum absolute atomic E-state index is 12.3. The Balaban J connectivity index is 1.46. The first-order valence-electron chi connectivity index (χ1n) is 8.84. The van der Waals surface area contributed by atoms with Gasteiger partial charge in [0, 0.05) is 16.5 Å². The molecule has 0 aliphatic carbocycles. The van der Waals surface area contributed by atoms with Crippen LogP contribution in [-0.4, -0.2) is 23.1 Å². The van der Waals surface area contributed by atoms with Crippen LogP contribution >= 0.6 is 23.6 Å². The molecule has 1 amide bonds. The quantitative estimate of drug-likeness (QED) is 0.451. The second-order valence-electron chi connectivity index (χ2n) is 6.20. The summed E-state index contributed by atoms with van der Waals surface area (Å²) in [5, 5.41) is 10.7. The van der Waals surface area contributed by atoms with E-state index in [1.54, 1.807) is 31.4 Å². The van der Waals surface area contributed by atoms with Crippen molar-refractivity contribution in [3.05, 3.63) is 77.7 Å². The van der Waals surface area contributed by atoms with Crippen molar-refractivity contribution in [3.8, 4) is 17.0 Å². The lowest BCUT2D eigenvalue weighted by Crippen LogP contribution is -2.34. The predicted octanol–water partition coefficient (Wildman–Crippen LogP) is 5.10. The van der Waals surface area contributed by atoms with Crippen LogP contribution in [0.4, 0.5) is 5.13 Å². The number of thiocarbonyl (C=S) groups is 1. The number of aromatic nitrogens is 1. The third kappa shape index (κ3) is 4.26. The summed E-state index contributed by atoms with van der Waals surface area (Å²) >= 11 is 6.69.